The molecule has 0 saturated heterocycles. The Labute approximate surface area is 126 Å². The van der Waals surface area contributed by atoms with E-state index in [-0.39, 0.29) is 0 Å². The number of aromatic nitrogens is 2. The number of H-pyrrole nitrogens is 1. The summed E-state index contributed by atoms with van der Waals surface area (Å²) in [6.07, 6.45) is 1.66. The van der Waals surface area contributed by atoms with E-state index in [9.17, 15) is 0 Å². The number of aromatic amines is 1. The summed E-state index contributed by atoms with van der Waals surface area (Å²) in [5.74, 6) is 1.57. The molecule has 0 unspecified atom stereocenters. The molecule has 3 nitrogen and oxygen atoms in total. The summed E-state index contributed by atoms with van der Waals surface area (Å²) in [6, 6.07) is 17.5. The van der Waals surface area contributed by atoms with E-state index in [2.05, 4.69) is 9.97 Å². The zero-order chi connectivity index (χ0) is 14.2. The highest BCUT2D eigenvalue weighted by molar-refractivity contribution is 6.33. The van der Waals surface area contributed by atoms with Crippen LogP contribution in [0, 0.1) is 0 Å². The van der Waals surface area contributed by atoms with E-state index in [1.165, 1.54) is 0 Å². The van der Waals surface area contributed by atoms with E-state index >= 15 is 0 Å². The van der Waals surface area contributed by atoms with E-state index in [4.69, 9.17) is 16.0 Å². The zero-order valence-electron chi connectivity index (χ0n) is 11.0. The average molecular weight is 295 g/mol. The minimum Gasteiger partial charge on any atom is -0.464 e. The van der Waals surface area contributed by atoms with Gasteiger partial charge in [-0.05, 0) is 42.5 Å². The van der Waals surface area contributed by atoms with Gasteiger partial charge in [0.15, 0.2) is 0 Å². The Morgan fingerprint density at radius 2 is 1.90 bits per heavy atom. The van der Waals surface area contributed by atoms with Gasteiger partial charge in [0.05, 0.1) is 22.3 Å². The fourth-order valence-corrected chi connectivity index (χ4v) is 2.59. The quantitative estimate of drug-likeness (QED) is 0.556. The number of rotatable bonds is 2. The maximum absolute atomic E-state index is 6.33. The number of para-hydroxylation sites is 2. The smallest absolute Gasteiger partial charge is 0.140 e. The molecule has 0 aliphatic carbocycles. The molecule has 0 spiro atoms. The Kier molecular flexibility index (Phi) is 2.79. The van der Waals surface area contributed by atoms with Crippen molar-refractivity contribution in [1.82, 2.24) is 9.97 Å². The molecule has 0 amide bonds. The number of furan rings is 1. The van der Waals surface area contributed by atoms with Gasteiger partial charge in [0, 0.05) is 11.1 Å². The van der Waals surface area contributed by atoms with Crippen molar-refractivity contribution in [2.75, 3.05) is 0 Å². The van der Waals surface area contributed by atoms with Gasteiger partial charge >= 0.3 is 0 Å². The Morgan fingerprint density at radius 3 is 2.71 bits per heavy atom. The predicted octanol–water partition coefficient (Wildman–Crippen LogP) is 5.14. The van der Waals surface area contributed by atoms with Crippen molar-refractivity contribution in [3.63, 3.8) is 0 Å². The molecule has 0 fully saturated rings. The van der Waals surface area contributed by atoms with Crippen LogP contribution in [0.1, 0.15) is 0 Å². The molecule has 4 heteroatoms. The zero-order valence-corrected chi connectivity index (χ0v) is 11.8. The molecule has 0 bridgehead atoms. The molecule has 2 aromatic heterocycles. The molecular formula is C17H11ClN2O. The van der Waals surface area contributed by atoms with Crippen molar-refractivity contribution >= 4 is 22.6 Å². The minimum atomic E-state index is 0.657. The van der Waals surface area contributed by atoms with Crippen molar-refractivity contribution in [2.24, 2.45) is 0 Å². The average Bonchev–Trinajstić information content (AvgIpc) is 3.17. The third-order valence-corrected chi connectivity index (χ3v) is 3.75. The number of hydrogen-bond donors (Lipinski definition) is 1. The summed E-state index contributed by atoms with van der Waals surface area (Å²) < 4.78 is 5.44. The van der Waals surface area contributed by atoms with Crippen molar-refractivity contribution in [3.05, 3.63) is 65.9 Å². The Morgan fingerprint density at radius 1 is 1.00 bits per heavy atom. The molecule has 4 aromatic rings. The fourth-order valence-electron chi connectivity index (χ4n) is 2.38. The number of nitrogens with one attached hydrogen (secondary N) is 1. The predicted molar refractivity (Wildman–Crippen MR) is 84.2 cm³/mol. The molecule has 21 heavy (non-hydrogen) atoms. The van der Waals surface area contributed by atoms with Gasteiger partial charge < -0.3 is 9.40 Å². The van der Waals surface area contributed by atoms with E-state index < -0.39 is 0 Å². The van der Waals surface area contributed by atoms with Crippen LogP contribution in [-0.2, 0) is 0 Å². The van der Waals surface area contributed by atoms with Gasteiger partial charge in [-0.3, -0.25) is 0 Å². The molecule has 0 atom stereocenters. The Bertz CT molecular complexity index is 877. The number of fused-ring (bicyclic) bond motifs is 1. The van der Waals surface area contributed by atoms with Crippen molar-refractivity contribution < 1.29 is 4.42 Å². The molecule has 1 N–H and O–H groups in total. The normalized spacial score (nSPS) is 11.1. The molecule has 0 aliphatic rings. The van der Waals surface area contributed by atoms with Gasteiger partial charge in [0.25, 0.3) is 0 Å². The van der Waals surface area contributed by atoms with Crippen LogP contribution in [0.5, 0.6) is 0 Å². The van der Waals surface area contributed by atoms with Crippen LogP contribution in [0.15, 0.2) is 65.3 Å². The van der Waals surface area contributed by atoms with Crippen LogP contribution in [-0.4, -0.2) is 9.97 Å². The van der Waals surface area contributed by atoms with Gasteiger partial charge in [0.2, 0.25) is 0 Å². The SMILES string of the molecule is Clc1ccc(-c2ccco2)cc1-c1nc2ccccc2[nH]1. The summed E-state index contributed by atoms with van der Waals surface area (Å²) in [5, 5.41) is 0.657. The third kappa shape index (κ3) is 2.12. The second kappa shape index (κ2) is 4.79. The molecule has 0 saturated carbocycles. The number of imidazole rings is 1. The maximum atomic E-state index is 6.33. The lowest BCUT2D eigenvalue weighted by Crippen LogP contribution is -1.84. The van der Waals surface area contributed by atoms with E-state index in [0.717, 1.165) is 33.7 Å². The first kappa shape index (κ1) is 12.2. The molecule has 2 heterocycles. The summed E-state index contributed by atoms with van der Waals surface area (Å²) in [5.41, 5.74) is 3.75. The van der Waals surface area contributed by atoms with Gasteiger partial charge in [-0.1, -0.05) is 23.7 Å². The van der Waals surface area contributed by atoms with Gasteiger partial charge in [-0.25, -0.2) is 4.98 Å². The largest absolute Gasteiger partial charge is 0.464 e. The van der Waals surface area contributed by atoms with Gasteiger partial charge in [-0.15, -0.1) is 0 Å². The van der Waals surface area contributed by atoms with E-state index in [1.54, 1.807) is 6.26 Å². The number of hydrogen-bond acceptors (Lipinski definition) is 2. The van der Waals surface area contributed by atoms with Crippen LogP contribution in [0.2, 0.25) is 5.02 Å². The molecule has 102 valence electrons. The summed E-state index contributed by atoms with van der Waals surface area (Å²) in [6.45, 7) is 0. The summed E-state index contributed by atoms with van der Waals surface area (Å²) in [4.78, 5) is 7.89. The maximum Gasteiger partial charge on any atom is 0.140 e. The second-order valence-corrected chi connectivity index (χ2v) is 5.18. The molecule has 2 aromatic carbocycles. The van der Waals surface area contributed by atoms with Gasteiger partial charge in [-0.2, -0.15) is 0 Å². The Hall–Kier alpha value is -2.52. The first-order valence-electron chi connectivity index (χ1n) is 6.60. The lowest BCUT2D eigenvalue weighted by Gasteiger charge is -2.03. The van der Waals surface area contributed by atoms with E-state index in [0.29, 0.717) is 5.02 Å². The molecule has 0 aliphatic heterocycles. The molecule has 4 rings (SSSR count). The molecule has 0 radical (unpaired) electrons. The number of halogens is 1. The van der Waals surface area contributed by atoms with Crippen LogP contribution in [0.4, 0.5) is 0 Å². The summed E-state index contributed by atoms with van der Waals surface area (Å²) >= 11 is 6.33. The van der Waals surface area contributed by atoms with Crippen LogP contribution in [0.3, 0.4) is 0 Å². The second-order valence-electron chi connectivity index (χ2n) is 4.77. The molecular weight excluding hydrogens is 284 g/mol. The topological polar surface area (TPSA) is 41.8 Å². The Balaban J connectivity index is 1.89. The highest BCUT2D eigenvalue weighted by atomic mass is 35.5. The van der Waals surface area contributed by atoms with Crippen molar-refractivity contribution in [3.8, 4) is 22.7 Å². The van der Waals surface area contributed by atoms with E-state index in [1.807, 2.05) is 54.6 Å². The monoisotopic (exact) mass is 294 g/mol. The van der Waals surface area contributed by atoms with Crippen LogP contribution >= 0.6 is 11.6 Å². The van der Waals surface area contributed by atoms with Gasteiger partial charge in [0.1, 0.15) is 11.6 Å². The van der Waals surface area contributed by atoms with Crippen molar-refractivity contribution in [2.45, 2.75) is 0 Å². The van der Waals surface area contributed by atoms with Crippen molar-refractivity contribution in [1.29, 1.82) is 0 Å². The van der Waals surface area contributed by atoms with Crippen LogP contribution in [0.25, 0.3) is 33.7 Å². The lowest BCUT2D eigenvalue weighted by atomic mass is 10.1. The minimum absolute atomic E-state index is 0.657. The number of nitrogens with zero attached hydrogens (tertiary/aromatic N) is 1. The lowest BCUT2D eigenvalue weighted by molar-refractivity contribution is 0.582. The standard InChI is InChI=1S/C17H11ClN2O/c18-13-8-7-11(16-6-3-9-21-16)10-12(13)17-19-14-4-1-2-5-15(14)20-17/h1-10H,(H,19,20). The highest BCUT2D eigenvalue weighted by Crippen LogP contribution is 2.32. The fraction of sp³-hybridized carbons (Fsp3) is 0. The third-order valence-electron chi connectivity index (χ3n) is 3.42. The summed E-state index contributed by atoms with van der Waals surface area (Å²) in [7, 11) is 0. The first-order valence-corrected chi connectivity index (χ1v) is 6.97. The highest BCUT2D eigenvalue weighted by Gasteiger charge is 2.11. The first-order chi connectivity index (χ1) is 10.3. The van der Waals surface area contributed by atoms with Crippen LogP contribution < -0.4 is 0 Å². The number of benzene rings is 2.